The van der Waals surface area contributed by atoms with Gasteiger partial charge in [-0.3, -0.25) is 0 Å². The summed E-state index contributed by atoms with van der Waals surface area (Å²) in [7, 11) is 1.60. The molecule has 0 unspecified atom stereocenters. The fraction of sp³-hybridized carbons (Fsp3) is 0.0952. The van der Waals surface area contributed by atoms with E-state index in [0.29, 0.717) is 12.2 Å². The maximum atomic E-state index is 12.1. The molecule has 7 heteroatoms. The molecule has 0 radical (unpaired) electrons. The molecule has 28 heavy (non-hydrogen) atoms. The second kappa shape index (κ2) is 8.06. The summed E-state index contributed by atoms with van der Waals surface area (Å²) in [5.74, 6) is 1.25. The number of cyclic esters (lactones) is 1. The monoisotopic (exact) mass is 392 g/mol. The van der Waals surface area contributed by atoms with Crippen molar-refractivity contribution in [1.29, 1.82) is 0 Å². The van der Waals surface area contributed by atoms with Crippen molar-refractivity contribution < 1.29 is 19.0 Å². The zero-order valence-electron chi connectivity index (χ0n) is 15.0. The van der Waals surface area contributed by atoms with Gasteiger partial charge < -0.3 is 14.2 Å². The molecule has 0 spiro atoms. The maximum Gasteiger partial charge on any atom is 0.363 e. The van der Waals surface area contributed by atoms with Crippen LogP contribution in [0.2, 0.25) is 0 Å². The van der Waals surface area contributed by atoms with Gasteiger partial charge in [0.25, 0.3) is 0 Å². The molecule has 0 amide bonds. The summed E-state index contributed by atoms with van der Waals surface area (Å²) < 4.78 is 16.1. The predicted octanol–water partition coefficient (Wildman–Crippen LogP) is 4.08. The molecule has 1 aliphatic heterocycles. The molecular weight excluding hydrogens is 376 g/mol. The number of methoxy groups -OCH3 is 1. The van der Waals surface area contributed by atoms with E-state index in [4.69, 9.17) is 14.2 Å². The Hall–Kier alpha value is -3.45. The van der Waals surface area contributed by atoms with E-state index < -0.39 is 5.97 Å². The summed E-state index contributed by atoms with van der Waals surface area (Å²) in [6.45, 7) is 0.422. The number of thiazole rings is 1. The normalized spacial score (nSPS) is 14.7. The van der Waals surface area contributed by atoms with E-state index in [-0.39, 0.29) is 11.6 Å². The van der Waals surface area contributed by atoms with Crippen LogP contribution in [0.4, 0.5) is 0 Å². The Kier molecular flexibility index (Phi) is 5.16. The quantitative estimate of drug-likeness (QED) is 0.467. The first-order valence-electron chi connectivity index (χ1n) is 8.48. The first kappa shape index (κ1) is 17.9. The molecule has 0 aliphatic carbocycles. The molecule has 0 atom stereocenters. The molecule has 3 aromatic rings. The number of hydrogen-bond donors (Lipinski definition) is 0. The Labute approximate surface area is 165 Å². The minimum absolute atomic E-state index is 0.252. The van der Waals surface area contributed by atoms with Crippen LogP contribution in [0.5, 0.6) is 11.5 Å². The highest BCUT2D eigenvalue weighted by molar-refractivity contribution is 7.07. The lowest BCUT2D eigenvalue weighted by molar-refractivity contribution is -0.129. The van der Waals surface area contributed by atoms with E-state index in [2.05, 4.69) is 9.98 Å². The largest absolute Gasteiger partial charge is 0.497 e. The van der Waals surface area contributed by atoms with Gasteiger partial charge in [0.1, 0.15) is 18.1 Å². The highest BCUT2D eigenvalue weighted by Gasteiger charge is 2.24. The number of ether oxygens (including phenoxy) is 3. The minimum atomic E-state index is -0.477. The molecular formula is C21H16N2O4S. The van der Waals surface area contributed by atoms with Crippen LogP contribution in [-0.2, 0) is 16.1 Å². The lowest BCUT2D eigenvalue weighted by Crippen LogP contribution is -2.05. The number of nitrogens with zero attached hydrogens (tertiary/aromatic N) is 2. The average Bonchev–Trinajstić information content (AvgIpc) is 3.38. The zero-order valence-corrected chi connectivity index (χ0v) is 15.8. The van der Waals surface area contributed by atoms with Crippen molar-refractivity contribution in [3.8, 4) is 11.5 Å². The van der Waals surface area contributed by atoms with Crippen LogP contribution in [0.15, 0.2) is 70.1 Å². The van der Waals surface area contributed by atoms with Gasteiger partial charge in [-0.1, -0.05) is 12.1 Å². The van der Waals surface area contributed by atoms with Crippen LogP contribution in [0.1, 0.15) is 16.8 Å². The van der Waals surface area contributed by atoms with Crippen LogP contribution in [-0.4, -0.2) is 24.0 Å². The van der Waals surface area contributed by atoms with Gasteiger partial charge >= 0.3 is 5.97 Å². The fourth-order valence-corrected chi connectivity index (χ4v) is 3.09. The van der Waals surface area contributed by atoms with Crippen molar-refractivity contribution in [2.45, 2.75) is 6.61 Å². The zero-order chi connectivity index (χ0) is 19.3. The standard InChI is InChI=1S/C21H16N2O4S/c1-25-17-8-4-15(5-9-17)20-23-19(21(24)27-20)10-14-2-6-18(7-3-14)26-11-16-12-28-13-22-16/h2-10,12-13H,11H2,1H3/b19-10-. The molecule has 2 aromatic carbocycles. The molecule has 0 saturated heterocycles. The van der Waals surface area contributed by atoms with Crippen molar-refractivity contribution >= 4 is 29.3 Å². The fourth-order valence-electron chi connectivity index (χ4n) is 2.55. The minimum Gasteiger partial charge on any atom is -0.497 e. The van der Waals surface area contributed by atoms with Crippen molar-refractivity contribution in [2.75, 3.05) is 7.11 Å². The van der Waals surface area contributed by atoms with Crippen LogP contribution in [0, 0.1) is 0 Å². The van der Waals surface area contributed by atoms with E-state index in [0.717, 1.165) is 22.8 Å². The van der Waals surface area contributed by atoms with Crippen LogP contribution >= 0.6 is 11.3 Å². The first-order valence-corrected chi connectivity index (χ1v) is 9.42. The molecule has 0 bridgehead atoms. The van der Waals surface area contributed by atoms with Crippen LogP contribution in [0.3, 0.4) is 0 Å². The number of carbonyl (C=O) groups excluding carboxylic acids is 1. The van der Waals surface area contributed by atoms with Gasteiger partial charge in [0.05, 0.1) is 18.3 Å². The number of aromatic nitrogens is 1. The molecule has 1 aromatic heterocycles. The van der Waals surface area contributed by atoms with E-state index in [1.807, 2.05) is 29.6 Å². The molecule has 140 valence electrons. The third-order valence-electron chi connectivity index (χ3n) is 4.01. The maximum absolute atomic E-state index is 12.1. The second-order valence-corrected chi connectivity index (χ2v) is 6.62. The third-order valence-corrected chi connectivity index (χ3v) is 4.65. The molecule has 0 N–H and O–H groups in total. The van der Waals surface area contributed by atoms with E-state index in [1.54, 1.807) is 43.0 Å². The van der Waals surface area contributed by atoms with Gasteiger partial charge in [-0.15, -0.1) is 11.3 Å². The van der Waals surface area contributed by atoms with Gasteiger partial charge in [0, 0.05) is 10.9 Å². The van der Waals surface area contributed by atoms with Crippen LogP contribution < -0.4 is 9.47 Å². The number of carbonyl (C=O) groups is 1. The summed E-state index contributed by atoms with van der Waals surface area (Å²) in [4.78, 5) is 20.6. The lowest BCUT2D eigenvalue weighted by atomic mass is 10.2. The number of rotatable bonds is 6. The van der Waals surface area contributed by atoms with Gasteiger partial charge in [-0.2, -0.15) is 0 Å². The molecule has 1 aliphatic rings. The summed E-state index contributed by atoms with van der Waals surface area (Å²) in [6.07, 6.45) is 1.68. The van der Waals surface area contributed by atoms with Gasteiger partial charge in [0.15, 0.2) is 5.70 Å². The Morgan fingerprint density at radius 3 is 2.50 bits per heavy atom. The van der Waals surface area contributed by atoms with Crippen LogP contribution in [0.25, 0.3) is 6.08 Å². The molecule has 4 rings (SSSR count). The Morgan fingerprint density at radius 2 is 1.82 bits per heavy atom. The highest BCUT2D eigenvalue weighted by Crippen LogP contribution is 2.22. The summed E-state index contributed by atoms with van der Waals surface area (Å²) >= 11 is 1.53. The number of esters is 1. The van der Waals surface area contributed by atoms with Gasteiger partial charge in [-0.25, -0.2) is 14.8 Å². The van der Waals surface area contributed by atoms with Gasteiger partial charge in [0.2, 0.25) is 5.90 Å². The van der Waals surface area contributed by atoms with Crippen molar-refractivity contribution in [1.82, 2.24) is 4.98 Å². The van der Waals surface area contributed by atoms with Crippen molar-refractivity contribution in [3.63, 3.8) is 0 Å². The predicted molar refractivity (Wildman–Crippen MR) is 106 cm³/mol. The van der Waals surface area contributed by atoms with Crippen molar-refractivity contribution in [2.24, 2.45) is 4.99 Å². The third kappa shape index (κ3) is 4.10. The summed E-state index contributed by atoms with van der Waals surface area (Å²) in [5.41, 5.74) is 4.46. The highest BCUT2D eigenvalue weighted by atomic mass is 32.1. The van der Waals surface area contributed by atoms with Gasteiger partial charge in [-0.05, 0) is 48.0 Å². The summed E-state index contributed by atoms with van der Waals surface area (Å²) in [5, 5.41) is 1.95. The van der Waals surface area contributed by atoms with E-state index >= 15 is 0 Å². The number of hydrogen-bond acceptors (Lipinski definition) is 7. The molecule has 2 heterocycles. The molecule has 0 saturated carbocycles. The average molecular weight is 392 g/mol. The first-order chi connectivity index (χ1) is 13.7. The number of benzene rings is 2. The molecule has 6 nitrogen and oxygen atoms in total. The summed E-state index contributed by atoms with van der Waals surface area (Å²) in [6, 6.07) is 14.6. The second-order valence-electron chi connectivity index (χ2n) is 5.90. The van der Waals surface area contributed by atoms with E-state index in [1.165, 1.54) is 11.3 Å². The smallest absolute Gasteiger partial charge is 0.363 e. The Morgan fingerprint density at radius 1 is 1.07 bits per heavy atom. The van der Waals surface area contributed by atoms with E-state index in [9.17, 15) is 4.79 Å². The van der Waals surface area contributed by atoms with Crippen molar-refractivity contribution in [3.05, 3.63) is 81.9 Å². The molecule has 0 fully saturated rings. The lowest BCUT2D eigenvalue weighted by Gasteiger charge is -2.04. The topological polar surface area (TPSA) is 70.0 Å². The SMILES string of the molecule is COc1ccc(C2=N/C(=C\c3ccc(OCc4cscn4)cc3)C(=O)O2)cc1. The Bertz CT molecular complexity index is 1020. The Balaban J connectivity index is 1.46. The number of aliphatic imine (C=N–C) groups is 1.